The van der Waals surface area contributed by atoms with E-state index in [1.807, 2.05) is 18.2 Å². The molecule has 0 radical (unpaired) electrons. The summed E-state index contributed by atoms with van der Waals surface area (Å²) < 4.78 is 16.5. The summed E-state index contributed by atoms with van der Waals surface area (Å²) in [4.78, 5) is 24.5. The molecule has 31 heavy (non-hydrogen) atoms. The van der Waals surface area contributed by atoms with Crippen molar-refractivity contribution in [3.8, 4) is 11.5 Å². The SMILES string of the molecule is COc1ccc(Cl)cc1CC(=O)NCc1ccccc1OCC(=O)NC[C@@H]1CCCO1. The predicted molar refractivity (Wildman–Crippen MR) is 117 cm³/mol. The standard InChI is InChI=1S/C23H27ClN2O5/c1-29-20-9-8-18(24)11-17(20)12-22(27)25-13-16-5-2-3-7-21(16)31-15-23(28)26-14-19-6-4-10-30-19/h2-3,5,7-9,11,19H,4,6,10,12-15H2,1H3,(H,25,27)(H,26,28)/t19-/m0/s1. The van der Waals surface area contributed by atoms with Crippen LogP contribution < -0.4 is 20.1 Å². The number of amides is 2. The quantitative estimate of drug-likeness (QED) is 0.586. The molecule has 1 saturated heterocycles. The number of rotatable bonds is 10. The maximum atomic E-state index is 12.4. The second-order valence-electron chi connectivity index (χ2n) is 7.25. The van der Waals surface area contributed by atoms with Gasteiger partial charge in [0.2, 0.25) is 5.91 Å². The second-order valence-corrected chi connectivity index (χ2v) is 7.68. The van der Waals surface area contributed by atoms with Gasteiger partial charge in [0.15, 0.2) is 6.61 Å². The topological polar surface area (TPSA) is 85.9 Å². The van der Waals surface area contributed by atoms with Crippen LogP contribution in [0.15, 0.2) is 42.5 Å². The molecule has 8 heteroatoms. The first-order valence-electron chi connectivity index (χ1n) is 10.2. The lowest BCUT2D eigenvalue weighted by Crippen LogP contribution is -2.35. The van der Waals surface area contributed by atoms with Crippen molar-refractivity contribution in [1.82, 2.24) is 10.6 Å². The Balaban J connectivity index is 1.49. The summed E-state index contributed by atoms with van der Waals surface area (Å²) >= 11 is 6.03. The normalized spacial score (nSPS) is 15.4. The van der Waals surface area contributed by atoms with Crippen molar-refractivity contribution in [2.24, 2.45) is 0 Å². The first-order chi connectivity index (χ1) is 15.0. The van der Waals surface area contributed by atoms with Crippen LogP contribution in [-0.2, 0) is 27.3 Å². The summed E-state index contributed by atoms with van der Waals surface area (Å²) in [7, 11) is 1.55. The number of hydrogen-bond acceptors (Lipinski definition) is 5. The van der Waals surface area contributed by atoms with Gasteiger partial charge in [0.25, 0.3) is 5.91 Å². The fourth-order valence-corrected chi connectivity index (χ4v) is 3.53. The van der Waals surface area contributed by atoms with E-state index in [0.717, 1.165) is 25.0 Å². The molecule has 1 heterocycles. The minimum Gasteiger partial charge on any atom is -0.496 e. The highest BCUT2D eigenvalue weighted by atomic mass is 35.5. The molecule has 2 aromatic carbocycles. The van der Waals surface area contributed by atoms with Crippen LogP contribution in [0.5, 0.6) is 11.5 Å². The Labute approximate surface area is 187 Å². The maximum absolute atomic E-state index is 12.4. The number of para-hydroxylation sites is 1. The second kappa shape index (κ2) is 11.6. The number of benzene rings is 2. The summed E-state index contributed by atoms with van der Waals surface area (Å²) in [6.07, 6.45) is 2.22. The highest BCUT2D eigenvalue weighted by molar-refractivity contribution is 6.30. The van der Waals surface area contributed by atoms with Crippen molar-refractivity contribution in [2.75, 3.05) is 26.9 Å². The van der Waals surface area contributed by atoms with E-state index in [2.05, 4.69) is 10.6 Å². The van der Waals surface area contributed by atoms with Crippen LogP contribution >= 0.6 is 11.6 Å². The third-order valence-corrected chi connectivity index (χ3v) is 5.19. The predicted octanol–water partition coefficient (Wildman–Crippen LogP) is 2.88. The van der Waals surface area contributed by atoms with Gasteiger partial charge in [0.05, 0.1) is 19.6 Å². The van der Waals surface area contributed by atoms with Gasteiger partial charge in [-0.15, -0.1) is 0 Å². The van der Waals surface area contributed by atoms with Gasteiger partial charge >= 0.3 is 0 Å². The highest BCUT2D eigenvalue weighted by Gasteiger charge is 2.16. The van der Waals surface area contributed by atoms with E-state index in [9.17, 15) is 9.59 Å². The van der Waals surface area contributed by atoms with Gasteiger partial charge in [-0.3, -0.25) is 9.59 Å². The number of carbonyl (C=O) groups excluding carboxylic acids is 2. The lowest BCUT2D eigenvalue weighted by atomic mass is 10.1. The molecular weight excluding hydrogens is 420 g/mol. The highest BCUT2D eigenvalue weighted by Crippen LogP contribution is 2.23. The van der Waals surface area contributed by atoms with Gasteiger partial charge in [0.1, 0.15) is 11.5 Å². The third-order valence-electron chi connectivity index (χ3n) is 4.95. The third kappa shape index (κ3) is 7.15. The number of carbonyl (C=O) groups is 2. The molecule has 2 N–H and O–H groups in total. The molecule has 7 nitrogen and oxygen atoms in total. The zero-order valence-electron chi connectivity index (χ0n) is 17.5. The van der Waals surface area contributed by atoms with Crippen LogP contribution in [-0.4, -0.2) is 44.8 Å². The lowest BCUT2D eigenvalue weighted by Gasteiger charge is -2.14. The van der Waals surface area contributed by atoms with Crippen molar-refractivity contribution in [3.05, 3.63) is 58.6 Å². The minimum atomic E-state index is -0.206. The van der Waals surface area contributed by atoms with E-state index in [0.29, 0.717) is 28.6 Å². The van der Waals surface area contributed by atoms with E-state index in [1.54, 1.807) is 31.4 Å². The first-order valence-corrected chi connectivity index (χ1v) is 10.6. The molecule has 0 aliphatic carbocycles. The number of ether oxygens (including phenoxy) is 3. The Morgan fingerprint density at radius 1 is 1.10 bits per heavy atom. The smallest absolute Gasteiger partial charge is 0.258 e. The number of nitrogens with one attached hydrogen (secondary N) is 2. The molecule has 0 aromatic heterocycles. The van der Waals surface area contributed by atoms with Gasteiger partial charge in [-0.05, 0) is 37.1 Å². The molecule has 2 aromatic rings. The van der Waals surface area contributed by atoms with E-state index >= 15 is 0 Å². The summed E-state index contributed by atoms with van der Waals surface area (Å²) in [6, 6.07) is 12.5. The zero-order chi connectivity index (χ0) is 22.1. The lowest BCUT2D eigenvalue weighted by molar-refractivity contribution is -0.123. The number of halogens is 1. The van der Waals surface area contributed by atoms with E-state index < -0.39 is 0 Å². The van der Waals surface area contributed by atoms with Crippen LogP contribution in [0.25, 0.3) is 0 Å². The molecule has 1 fully saturated rings. The maximum Gasteiger partial charge on any atom is 0.258 e. The molecule has 1 aliphatic rings. The molecule has 3 rings (SSSR count). The molecule has 0 bridgehead atoms. The molecule has 1 atom stereocenters. The summed E-state index contributed by atoms with van der Waals surface area (Å²) in [5.41, 5.74) is 1.49. The molecular formula is C23H27ClN2O5. The van der Waals surface area contributed by atoms with Crippen molar-refractivity contribution < 1.29 is 23.8 Å². The van der Waals surface area contributed by atoms with Crippen LogP contribution in [0.3, 0.4) is 0 Å². The van der Waals surface area contributed by atoms with Crippen LogP contribution in [0.1, 0.15) is 24.0 Å². The van der Waals surface area contributed by atoms with Gasteiger partial charge in [-0.1, -0.05) is 29.8 Å². The molecule has 166 valence electrons. The van der Waals surface area contributed by atoms with Crippen LogP contribution in [0.2, 0.25) is 5.02 Å². The fourth-order valence-electron chi connectivity index (χ4n) is 3.33. The average molecular weight is 447 g/mol. The Hall–Kier alpha value is -2.77. The van der Waals surface area contributed by atoms with Crippen LogP contribution in [0.4, 0.5) is 0 Å². The Morgan fingerprint density at radius 3 is 2.71 bits per heavy atom. The molecule has 0 saturated carbocycles. The largest absolute Gasteiger partial charge is 0.496 e. The minimum absolute atomic E-state index is 0.0876. The van der Waals surface area contributed by atoms with Crippen molar-refractivity contribution in [2.45, 2.75) is 31.9 Å². The fraction of sp³-hybridized carbons (Fsp3) is 0.391. The molecule has 0 spiro atoms. The number of methoxy groups -OCH3 is 1. The summed E-state index contributed by atoms with van der Waals surface area (Å²) in [5.74, 6) is 0.778. The van der Waals surface area contributed by atoms with E-state index in [4.69, 9.17) is 25.8 Å². The van der Waals surface area contributed by atoms with E-state index in [1.165, 1.54) is 0 Å². The molecule has 0 unspecified atom stereocenters. The Kier molecular flexibility index (Phi) is 8.55. The van der Waals surface area contributed by atoms with Crippen LogP contribution in [0, 0.1) is 0 Å². The van der Waals surface area contributed by atoms with Crippen molar-refractivity contribution in [1.29, 1.82) is 0 Å². The molecule has 2 amide bonds. The monoisotopic (exact) mass is 446 g/mol. The zero-order valence-corrected chi connectivity index (χ0v) is 18.2. The first kappa shape index (κ1) is 22.9. The number of hydrogen-bond donors (Lipinski definition) is 2. The molecule has 1 aliphatic heterocycles. The Morgan fingerprint density at radius 2 is 1.94 bits per heavy atom. The van der Waals surface area contributed by atoms with Crippen molar-refractivity contribution >= 4 is 23.4 Å². The van der Waals surface area contributed by atoms with Crippen molar-refractivity contribution in [3.63, 3.8) is 0 Å². The van der Waals surface area contributed by atoms with Gasteiger partial charge in [-0.25, -0.2) is 0 Å². The van der Waals surface area contributed by atoms with Gasteiger partial charge < -0.3 is 24.8 Å². The van der Waals surface area contributed by atoms with Gasteiger partial charge in [0, 0.05) is 35.8 Å². The summed E-state index contributed by atoms with van der Waals surface area (Å²) in [6.45, 7) is 1.42. The Bertz CT molecular complexity index is 899. The average Bonchev–Trinajstić information content (AvgIpc) is 3.29. The van der Waals surface area contributed by atoms with E-state index in [-0.39, 0.29) is 37.5 Å². The van der Waals surface area contributed by atoms with Gasteiger partial charge in [-0.2, -0.15) is 0 Å². The summed E-state index contributed by atoms with van der Waals surface area (Å²) in [5, 5.41) is 6.24.